The molecule has 1 rings (SSSR count). The highest BCUT2D eigenvalue weighted by molar-refractivity contribution is 7.91. The normalized spacial score (nSPS) is 12.4. The minimum absolute atomic E-state index is 0.0427. The van der Waals surface area contributed by atoms with E-state index in [4.69, 9.17) is 16.7 Å². The maximum Gasteiger partial charge on any atom is 0.389 e. The molecule has 0 amide bonds. The summed E-state index contributed by atoms with van der Waals surface area (Å²) in [5, 5.41) is 8.86. The summed E-state index contributed by atoms with van der Waals surface area (Å²) in [5.74, 6) is -2.09. The van der Waals surface area contributed by atoms with Gasteiger partial charge in [-0.3, -0.25) is 0 Å². The van der Waals surface area contributed by atoms with Gasteiger partial charge in [0.2, 0.25) is 0 Å². The number of carboxylic acid groups (broad SMARTS) is 1. The van der Waals surface area contributed by atoms with E-state index in [-0.39, 0.29) is 21.0 Å². The van der Waals surface area contributed by atoms with Gasteiger partial charge in [-0.15, -0.1) is 0 Å². The number of alkyl halides is 3. The molecule has 21 heavy (non-hydrogen) atoms. The monoisotopic (exact) mass is 344 g/mol. The van der Waals surface area contributed by atoms with Gasteiger partial charge in [-0.05, 0) is 31.0 Å². The van der Waals surface area contributed by atoms with E-state index in [0.717, 1.165) is 12.1 Å². The second-order valence-corrected chi connectivity index (χ2v) is 6.93. The topological polar surface area (TPSA) is 71.4 Å². The molecule has 0 radical (unpaired) electrons. The molecule has 0 aliphatic rings. The standard InChI is InChI=1S/C12H12ClF3O4S/c1-7-9(11(17)18)5-8(13)6-10(7)21(19,20)4-2-3-12(14,15)16/h5-6H,2-4H2,1H3,(H,17,18). The van der Waals surface area contributed by atoms with E-state index in [2.05, 4.69) is 0 Å². The zero-order chi connectivity index (χ0) is 16.4. The molecule has 0 fully saturated rings. The average Bonchev–Trinajstić information content (AvgIpc) is 2.29. The van der Waals surface area contributed by atoms with Crippen molar-refractivity contribution in [1.29, 1.82) is 0 Å². The van der Waals surface area contributed by atoms with Crippen LogP contribution in [0.1, 0.15) is 28.8 Å². The minimum atomic E-state index is -4.44. The van der Waals surface area contributed by atoms with Crippen molar-refractivity contribution in [2.24, 2.45) is 0 Å². The molecular weight excluding hydrogens is 333 g/mol. The lowest BCUT2D eigenvalue weighted by Crippen LogP contribution is -2.14. The summed E-state index contributed by atoms with van der Waals surface area (Å²) >= 11 is 5.67. The van der Waals surface area contributed by atoms with Crippen LogP contribution >= 0.6 is 11.6 Å². The van der Waals surface area contributed by atoms with Crippen LogP contribution in [0.25, 0.3) is 0 Å². The molecule has 1 aromatic carbocycles. The van der Waals surface area contributed by atoms with Crippen LogP contribution in [0.4, 0.5) is 13.2 Å². The fourth-order valence-corrected chi connectivity index (χ4v) is 3.68. The Morgan fingerprint density at radius 1 is 1.33 bits per heavy atom. The summed E-state index contributed by atoms with van der Waals surface area (Å²) in [6.45, 7) is 1.27. The maximum atomic E-state index is 12.1. The van der Waals surface area contributed by atoms with E-state index in [9.17, 15) is 26.4 Å². The van der Waals surface area contributed by atoms with Crippen molar-refractivity contribution in [3.05, 3.63) is 28.3 Å². The summed E-state index contributed by atoms with van der Waals surface area (Å²) in [4.78, 5) is 10.6. The number of halogens is 4. The molecule has 0 unspecified atom stereocenters. The molecule has 1 aromatic rings. The van der Waals surface area contributed by atoms with Crippen LogP contribution in [0, 0.1) is 6.92 Å². The first-order valence-corrected chi connectivity index (χ1v) is 7.80. The van der Waals surface area contributed by atoms with E-state index < -0.39 is 40.6 Å². The van der Waals surface area contributed by atoms with Crippen molar-refractivity contribution >= 4 is 27.4 Å². The summed E-state index contributed by atoms with van der Waals surface area (Å²) in [6.07, 6.45) is -6.26. The third kappa shape index (κ3) is 4.89. The Labute approximate surface area is 124 Å². The Kier molecular flexibility index (Phi) is 5.27. The number of aromatic carboxylic acids is 1. The highest BCUT2D eigenvalue weighted by atomic mass is 35.5. The van der Waals surface area contributed by atoms with Crippen LogP contribution in [0.2, 0.25) is 5.02 Å². The predicted molar refractivity (Wildman–Crippen MR) is 70.5 cm³/mol. The van der Waals surface area contributed by atoms with Crippen LogP contribution < -0.4 is 0 Å². The molecule has 0 atom stereocenters. The quantitative estimate of drug-likeness (QED) is 0.887. The fourth-order valence-electron chi connectivity index (χ4n) is 1.77. The highest BCUT2D eigenvalue weighted by Crippen LogP contribution is 2.27. The van der Waals surface area contributed by atoms with Gasteiger partial charge in [0.25, 0.3) is 0 Å². The molecule has 0 bridgehead atoms. The molecule has 0 aromatic heterocycles. The minimum Gasteiger partial charge on any atom is -0.478 e. The lowest BCUT2D eigenvalue weighted by molar-refractivity contribution is -0.134. The molecule has 9 heteroatoms. The van der Waals surface area contributed by atoms with Gasteiger partial charge < -0.3 is 5.11 Å². The lowest BCUT2D eigenvalue weighted by atomic mass is 10.1. The molecule has 0 aliphatic carbocycles. The summed E-state index contributed by atoms with van der Waals surface area (Å²) in [5.41, 5.74) is -0.337. The van der Waals surface area contributed by atoms with Gasteiger partial charge in [0.1, 0.15) is 0 Å². The number of carboxylic acids is 1. The molecule has 0 spiro atoms. The number of hydrogen-bond donors (Lipinski definition) is 1. The summed E-state index contributed by atoms with van der Waals surface area (Å²) in [6, 6.07) is 2.14. The van der Waals surface area contributed by atoms with Gasteiger partial charge in [0.05, 0.1) is 16.2 Å². The first-order valence-electron chi connectivity index (χ1n) is 5.77. The van der Waals surface area contributed by atoms with Crippen molar-refractivity contribution in [2.45, 2.75) is 30.8 Å². The molecule has 0 saturated carbocycles. The Bertz CT molecular complexity index is 653. The highest BCUT2D eigenvalue weighted by Gasteiger charge is 2.29. The zero-order valence-electron chi connectivity index (χ0n) is 10.9. The molecule has 1 N–H and O–H groups in total. The fraction of sp³-hybridized carbons (Fsp3) is 0.417. The Morgan fingerprint density at radius 3 is 2.38 bits per heavy atom. The second kappa shape index (κ2) is 6.23. The van der Waals surface area contributed by atoms with E-state index in [1.807, 2.05) is 0 Å². The second-order valence-electron chi connectivity index (χ2n) is 4.42. The van der Waals surface area contributed by atoms with Gasteiger partial charge in [0.15, 0.2) is 9.84 Å². The van der Waals surface area contributed by atoms with Crippen LogP contribution in [-0.2, 0) is 9.84 Å². The summed E-state index contributed by atoms with van der Waals surface area (Å²) in [7, 11) is -4.04. The first kappa shape index (κ1) is 17.8. The van der Waals surface area contributed by atoms with Gasteiger partial charge in [-0.25, -0.2) is 13.2 Å². The van der Waals surface area contributed by atoms with Gasteiger partial charge in [0, 0.05) is 11.4 Å². The van der Waals surface area contributed by atoms with Crippen LogP contribution in [-0.4, -0.2) is 31.4 Å². The Balaban J connectivity index is 3.12. The van der Waals surface area contributed by atoms with Crippen LogP contribution in [0.5, 0.6) is 0 Å². The number of carbonyl (C=O) groups is 1. The zero-order valence-corrected chi connectivity index (χ0v) is 12.4. The molecule has 4 nitrogen and oxygen atoms in total. The number of benzene rings is 1. The van der Waals surface area contributed by atoms with Gasteiger partial charge >= 0.3 is 12.1 Å². The van der Waals surface area contributed by atoms with Gasteiger partial charge in [-0.2, -0.15) is 13.2 Å². The largest absolute Gasteiger partial charge is 0.478 e. The molecular formula is C12H12ClF3O4S. The molecule has 0 aliphatic heterocycles. The van der Waals surface area contributed by atoms with E-state index in [1.54, 1.807) is 0 Å². The van der Waals surface area contributed by atoms with E-state index >= 15 is 0 Å². The van der Waals surface area contributed by atoms with Crippen molar-refractivity contribution in [2.75, 3.05) is 5.75 Å². The summed E-state index contributed by atoms with van der Waals surface area (Å²) < 4.78 is 60.3. The average molecular weight is 345 g/mol. The third-order valence-electron chi connectivity index (χ3n) is 2.76. The van der Waals surface area contributed by atoms with Crippen LogP contribution in [0.3, 0.4) is 0 Å². The molecule has 0 saturated heterocycles. The first-order chi connectivity index (χ1) is 9.44. The molecule has 0 heterocycles. The third-order valence-corrected chi connectivity index (χ3v) is 4.90. The van der Waals surface area contributed by atoms with Crippen molar-refractivity contribution < 1.29 is 31.5 Å². The number of rotatable bonds is 5. The van der Waals surface area contributed by atoms with Crippen molar-refractivity contribution in [3.63, 3.8) is 0 Å². The number of hydrogen-bond acceptors (Lipinski definition) is 3. The van der Waals surface area contributed by atoms with Crippen molar-refractivity contribution in [1.82, 2.24) is 0 Å². The van der Waals surface area contributed by atoms with Crippen LogP contribution in [0.15, 0.2) is 17.0 Å². The SMILES string of the molecule is Cc1c(C(=O)O)cc(Cl)cc1S(=O)(=O)CCCC(F)(F)F. The van der Waals surface area contributed by atoms with E-state index in [1.165, 1.54) is 6.92 Å². The molecule has 118 valence electrons. The van der Waals surface area contributed by atoms with Gasteiger partial charge in [-0.1, -0.05) is 11.6 Å². The lowest BCUT2D eigenvalue weighted by Gasteiger charge is -2.11. The number of sulfone groups is 1. The Morgan fingerprint density at radius 2 is 1.90 bits per heavy atom. The van der Waals surface area contributed by atoms with E-state index in [0.29, 0.717) is 0 Å². The van der Waals surface area contributed by atoms with Crippen molar-refractivity contribution in [3.8, 4) is 0 Å². The smallest absolute Gasteiger partial charge is 0.389 e. The maximum absolute atomic E-state index is 12.1. The predicted octanol–water partition coefficient (Wildman–Crippen LogP) is 3.46. The Hall–Kier alpha value is -1.28.